The Kier molecular flexibility index (Phi) is 5.04. The summed E-state index contributed by atoms with van der Waals surface area (Å²) in [5.74, 6) is 0.805. The van der Waals surface area contributed by atoms with Gasteiger partial charge in [0.25, 0.3) is 5.91 Å². The SMILES string of the molecule is CNCCc1ccccc1C(=O)N1CCC(C(C)(C)C)C1. The van der Waals surface area contributed by atoms with Crippen LogP contribution in [0.1, 0.15) is 43.1 Å². The minimum absolute atomic E-state index is 0.202. The van der Waals surface area contributed by atoms with Crippen molar-refractivity contribution in [2.24, 2.45) is 11.3 Å². The lowest BCUT2D eigenvalue weighted by atomic mass is 9.80. The normalized spacial score (nSPS) is 19.0. The smallest absolute Gasteiger partial charge is 0.254 e. The topological polar surface area (TPSA) is 32.3 Å². The van der Waals surface area contributed by atoms with E-state index in [-0.39, 0.29) is 11.3 Å². The molecule has 1 aliphatic rings. The van der Waals surface area contributed by atoms with E-state index in [0.717, 1.165) is 43.6 Å². The van der Waals surface area contributed by atoms with Crippen LogP contribution >= 0.6 is 0 Å². The second kappa shape index (κ2) is 6.61. The molecule has 2 rings (SSSR count). The van der Waals surface area contributed by atoms with Crippen molar-refractivity contribution in [3.05, 3.63) is 35.4 Å². The molecule has 3 nitrogen and oxygen atoms in total. The number of hydrogen-bond donors (Lipinski definition) is 1. The zero-order valence-electron chi connectivity index (χ0n) is 13.8. The number of likely N-dealkylation sites (N-methyl/N-ethyl adjacent to an activating group) is 1. The van der Waals surface area contributed by atoms with Crippen molar-refractivity contribution in [1.82, 2.24) is 10.2 Å². The van der Waals surface area contributed by atoms with Gasteiger partial charge in [0.15, 0.2) is 0 Å². The highest BCUT2D eigenvalue weighted by Crippen LogP contribution is 2.34. The minimum atomic E-state index is 0.202. The van der Waals surface area contributed by atoms with Crippen molar-refractivity contribution in [1.29, 1.82) is 0 Å². The van der Waals surface area contributed by atoms with Gasteiger partial charge in [-0.3, -0.25) is 4.79 Å². The Morgan fingerprint density at radius 2 is 2.05 bits per heavy atom. The van der Waals surface area contributed by atoms with Gasteiger partial charge in [-0.1, -0.05) is 39.0 Å². The number of nitrogens with zero attached hydrogens (tertiary/aromatic N) is 1. The second-order valence-corrected chi connectivity index (χ2v) is 7.11. The predicted molar refractivity (Wildman–Crippen MR) is 87.5 cm³/mol. The molecule has 116 valence electrons. The summed E-state index contributed by atoms with van der Waals surface area (Å²) in [5.41, 5.74) is 2.30. The number of benzene rings is 1. The number of hydrogen-bond acceptors (Lipinski definition) is 2. The fourth-order valence-electron chi connectivity index (χ4n) is 3.03. The molecule has 0 bridgehead atoms. The van der Waals surface area contributed by atoms with Crippen molar-refractivity contribution < 1.29 is 4.79 Å². The summed E-state index contributed by atoms with van der Waals surface area (Å²) in [6.07, 6.45) is 2.02. The van der Waals surface area contributed by atoms with E-state index in [1.807, 2.05) is 30.1 Å². The highest BCUT2D eigenvalue weighted by Gasteiger charge is 2.34. The van der Waals surface area contributed by atoms with Gasteiger partial charge in [0, 0.05) is 18.7 Å². The highest BCUT2D eigenvalue weighted by molar-refractivity contribution is 5.95. The molecular weight excluding hydrogens is 260 g/mol. The van der Waals surface area contributed by atoms with Gasteiger partial charge >= 0.3 is 0 Å². The summed E-state index contributed by atoms with van der Waals surface area (Å²) in [4.78, 5) is 14.8. The molecule has 1 amide bonds. The van der Waals surface area contributed by atoms with Crippen LogP contribution in [0.3, 0.4) is 0 Å². The molecule has 3 heteroatoms. The van der Waals surface area contributed by atoms with Crippen LogP contribution in [0.15, 0.2) is 24.3 Å². The molecule has 1 aromatic carbocycles. The van der Waals surface area contributed by atoms with Crippen LogP contribution in [0.2, 0.25) is 0 Å². The molecule has 0 aromatic heterocycles. The standard InChI is InChI=1S/C18H28N2O/c1-18(2,3)15-10-12-20(13-15)17(21)16-8-6-5-7-14(16)9-11-19-4/h5-8,15,19H,9-13H2,1-4H3. The predicted octanol–water partition coefficient (Wildman–Crippen LogP) is 2.96. The molecule has 1 aliphatic heterocycles. The first-order chi connectivity index (χ1) is 9.93. The molecule has 1 aromatic rings. The van der Waals surface area contributed by atoms with Crippen LogP contribution in [0.25, 0.3) is 0 Å². The van der Waals surface area contributed by atoms with Crippen LogP contribution < -0.4 is 5.32 Å². The highest BCUT2D eigenvalue weighted by atomic mass is 16.2. The molecule has 0 saturated carbocycles. The largest absolute Gasteiger partial charge is 0.338 e. The van der Waals surface area contributed by atoms with Crippen LogP contribution in [-0.4, -0.2) is 37.5 Å². The van der Waals surface area contributed by atoms with Crippen LogP contribution in [0.4, 0.5) is 0 Å². The Bertz CT molecular complexity index is 490. The third-order valence-corrected chi connectivity index (χ3v) is 4.59. The van der Waals surface area contributed by atoms with Crippen molar-refractivity contribution >= 4 is 5.91 Å². The Hall–Kier alpha value is -1.35. The summed E-state index contributed by atoms with van der Waals surface area (Å²) < 4.78 is 0. The summed E-state index contributed by atoms with van der Waals surface area (Å²) >= 11 is 0. The van der Waals surface area contributed by atoms with E-state index < -0.39 is 0 Å². The molecule has 0 radical (unpaired) electrons. The van der Waals surface area contributed by atoms with Crippen molar-refractivity contribution in [3.8, 4) is 0 Å². The van der Waals surface area contributed by atoms with E-state index in [0.29, 0.717) is 5.92 Å². The summed E-state index contributed by atoms with van der Waals surface area (Å²) in [6.45, 7) is 9.49. The summed E-state index contributed by atoms with van der Waals surface area (Å²) in [6, 6.07) is 8.02. The molecule has 0 spiro atoms. The van der Waals surface area contributed by atoms with Gasteiger partial charge in [0.05, 0.1) is 0 Å². The van der Waals surface area contributed by atoms with Crippen molar-refractivity contribution in [3.63, 3.8) is 0 Å². The van der Waals surface area contributed by atoms with Crippen LogP contribution in [0, 0.1) is 11.3 Å². The van der Waals surface area contributed by atoms with E-state index in [4.69, 9.17) is 0 Å². The molecule has 1 fully saturated rings. The van der Waals surface area contributed by atoms with Crippen molar-refractivity contribution in [2.75, 3.05) is 26.7 Å². The maximum absolute atomic E-state index is 12.8. The Morgan fingerprint density at radius 1 is 1.33 bits per heavy atom. The molecule has 1 saturated heterocycles. The van der Waals surface area contributed by atoms with Crippen LogP contribution in [-0.2, 0) is 6.42 Å². The average Bonchev–Trinajstić information content (AvgIpc) is 2.94. The number of carbonyl (C=O) groups excluding carboxylic acids is 1. The maximum Gasteiger partial charge on any atom is 0.254 e. The van der Waals surface area contributed by atoms with E-state index in [1.165, 1.54) is 0 Å². The average molecular weight is 288 g/mol. The molecule has 1 N–H and O–H groups in total. The van der Waals surface area contributed by atoms with Gasteiger partial charge in [0.1, 0.15) is 0 Å². The third kappa shape index (κ3) is 3.85. The zero-order valence-corrected chi connectivity index (χ0v) is 13.8. The first kappa shape index (κ1) is 16.0. The van der Waals surface area contributed by atoms with Gasteiger partial charge < -0.3 is 10.2 Å². The lowest BCUT2D eigenvalue weighted by Gasteiger charge is -2.27. The minimum Gasteiger partial charge on any atom is -0.338 e. The van der Waals surface area contributed by atoms with Crippen molar-refractivity contribution in [2.45, 2.75) is 33.6 Å². The first-order valence-corrected chi connectivity index (χ1v) is 7.95. The molecule has 1 heterocycles. The molecule has 1 unspecified atom stereocenters. The number of carbonyl (C=O) groups is 1. The molecule has 21 heavy (non-hydrogen) atoms. The number of likely N-dealkylation sites (tertiary alicyclic amines) is 1. The Labute approximate surface area is 128 Å². The fraction of sp³-hybridized carbons (Fsp3) is 0.611. The molecule has 0 aliphatic carbocycles. The van der Waals surface area contributed by atoms with E-state index >= 15 is 0 Å². The van der Waals surface area contributed by atoms with E-state index in [1.54, 1.807) is 0 Å². The lowest BCUT2D eigenvalue weighted by Crippen LogP contribution is -2.32. The van der Waals surface area contributed by atoms with Crippen LogP contribution in [0.5, 0.6) is 0 Å². The number of amides is 1. The monoisotopic (exact) mass is 288 g/mol. The Morgan fingerprint density at radius 3 is 2.67 bits per heavy atom. The lowest BCUT2D eigenvalue weighted by molar-refractivity contribution is 0.0775. The quantitative estimate of drug-likeness (QED) is 0.924. The second-order valence-electron chi connectivity index (χ2n) is 7.11. The van der Waals surface area contributed by atoms with E-state index in [2.05, 4.69) is 32.2 Å². The summed E-state index contributed by atoms with van der Waals surface area (Å²) in [5, 5.41) is 3.15. The Balaban J connectivity index is 2.11. The fourth-order valence-corrected chi connectivity index (χ4v) is 3.03. The zero-order chi connectivity index (χ0) is 15.5. The molecular formula is C18H28N2O. The van der Waals surface area contributed by atoms with Gasteiger partial charge in [-0.25, -0.2) is 0 Å². The third-order valence-electron chi connectivity index (χ3n) is 4.59. The van der Waals surface area contributed by atoms with Gasteiger partial charge in [0.2, 0.25) is 0 Å². The maximum atomic E-state index is 12.8. The van der Waals surface area contributed by atoms with E-state index in [9.17, 15) is 4.79 Å². The summed E-state index contributed by atoms with van der Waals surface area (Å²) in [7, 11) is 1.94. The number of rotatable bonds is 4. The number of nitrogens with one attached hydrogen (secondary N) is 1. The first-order valence-electron chi connectivity index (χ1n) is 7.95. The molecule has 1 atom stereocenters. The van der Waals surface area contributed by atoms with Gasteiger partial charge in [-0.2, -0.15) is 0 Å². The van der Waals surface area contributed by atoms with Gasteiger partial charge in [-0.15, -0.1) is 0 Å². The van der Waals surface area contributed by atoms with Gasteiger partial charge in [-0.05, 0) is 49.4 Å².